The van der Waals surface area contributed by atoms with Crippen LogP contribution in [0, 0.1) is 0 Å². The van der Waals surface area contributed by atoms with Gasteiger partial charge in [0.1, 0.15) is 6.33 Å². The molecule has 1 amide bonds. The van der Waals surface area contributed by atoms with Crippen LogP contribution in [0.4, 0.5) is 0 Å². The minimum absolute atomic E-state index is 0.0737. The van der Waals surface area contributed by atoms with Crippen LogP contribution in [0.3, 0.4) is 0 Å². The maximum absolute atomic E-state index is 12.0. The molecule has 20 heavy (non-hydrogen) atoms. The number of hydrogen-bond acceptors (Lipinski definition) is 3. The molecule has 1 heterocycles. The Morgan fingerprint density at radius 1 is 1.20 bits per heavy atom. The number of carbonyl (C=O) groups is 1. The van der Waals surface area contributed by atoms with Gasteiger partial charge < -0.3 is 5.32 Å². The number of aromatic nitrogens is 2. The van der Waals surface area contributed by atoms with Crippen molar-refractivity contribution in [3.8, 4) is 0 Å². The Morgan fingerprint density at radius 3 is 2.55 bits per heavy atom. The largest absolute Gasteiger partial charge is 0.348 e. The third kappa shape index (κ3) is 3.41. The van der Waals surface area contributed by atoms with Crippen molar-refractivity contribution in [2.24, 2.45) is 0 Å². The Labute approximate surface area is 119 Å². The van der Waals surface area contributed by atoms with Gasteiger partial charge in [-0.05, 0) is 12.1 Å². The van der Waals surface area contributed by atoms with Crippen LogP contribution < -0.4 is 5.32 Å². The summed E-state index contributed by atoms with van der Waals surface area (Å²) in [5.41, 5.74) is 2.49. The van der Waals surface area contributed by atoms with E-state index >= 15 is 0 Å². The molecule has 4 nitrogen and oxygen atoms in total. The molecule has 0 bridgehead atoms. The zero-order valence-electron chi connectivity index (χ0n) is 12.1. The fourth-order valence-corrected chi connectivity index (χ4v) is 2.03. The third-order valence-electron chi connectivity index (χ3n) is 2.97. The van der Waals surface area contributed by atoms with E-state index in [9.17, 15) is 4.79 Å². The summed E-state index contributed by atoms with van der Waals surface area (Å²) in [6.07, 6.45) is 3.31. The van der Waals surface area contributed by atoms with Crippen molar-refractivity contribution in [3.05, 3.63) is 59.7 Å². The zero-order valence-corrected chi connectivity index (χ0v) is 12.1. The molecule has 0 spiro atoms. The number of nitrogens with zero attached hydrogens (tertiary/aromatic N) is 2. The molecule has 4 heteroatoms. The molecule has 2 aromatic rings. The summed E-state index contributed by atoms with van der Waals surface area (Å²) in [4.78, 5) is 20.4. The highest BCUT2D eigenvalue weighted by Gasteiger charge is 2.19. The van der Waals surface area contributed by atoms with E-state index in [-0.39, 0.29) is 11.3 Å². The number of rotatable bonds is 3. The van der Waals surface area contributed by atoms with Crippen LogP contribution >= 0.6 is 0 Å². The van der Waals surface area contributed by atoms with Crippen molar-refractivity contribution in [2.75, 3.05) is 0 Å². The topological polar surface area (TPSA) is 54.9 Å². The van der Waals surface area contributed by atoms with E-state index in [2.05, 4.69) is 36.1 Å². The van der Waals surface area contributed by atoms with E-state index in [4.69, 9.17) is 0 Å². The second kappa shape index (κ2) is 5.82. The molecule has 0 saturated carbocycles. The molecule has 0 aliphatic rings. The fraction of sp³-hybridized carbons (Fsp3) is 0.312. The molecule has 1 aromatic carbocycles. The van der Waals surface area contributed by atoms with Crippen LogP contribution in [-0.2, 0) is 12.0 Å². The van der Waals surface area contributed by atoms with Gasteiger partial charge in [0.05, 0.1) is 5.69 Å². The minimum Gasteiger partial charge on any atom is -0.348 e. The molecule has 2 rings (SSSR count). The monoisotopic (exact) mass is 269 g/mol. The lowest BCUT2D eigenvalue weighted by Crippen LogP contribution is -2.26. The van der Waals surface area contributed by atoms with E-state index in [1.54, 1.807) is 24.7 Å². The number of benzene rings is 1. The SMILES string of the molecule is CC(C)(C)c1ncncc1CNC(=O)c1ccccc1. The Bertz CT molecular complexity index is 588. The average molecular weight is 269 g/mol. The van der Waals surface area contributed by atoms with Crippen molar-refractivity contribution >= 4 is 5.91 Å². The van der Waals surface area contributed by atoms with Gasteiger partial charge in [0, 0.05) is 29.3 Å². The highest BCUT2D eigenvalue weighted by molar-refractivity contribution is 5.94. The van der Waals surface area contributed by atoms with Gasteiger partial charge in [0.2, 0.25) is 0 Å². The lowest BCUT2D eigenvalue weighted by molar-refractivity contribution is 0.0950. The van der Waals surface area contributed by atoms with Crippen molar-refractivity contribution in [1.29, 1.82) is 0 Å². The second-order valence-corrected chi connectivity index (χ2v) is 5.70. The molecule has 104 valence electrons. The molecule has 0 fully saturated rings. The van der Waals surface area contributed by atoms with Gasteiger partial charge in [-0.3, -0.25) is 4.79 Å². The van der Waals surface area contributed by atoms with Gasteiger partial charge in [-0.25, -0.2) is 9.97 Å². The Morgan fingerprint density at radius 2 is 1.90 bits per heavy atom. The van der Waals surface area contributed by atoms with Crippen LogP contribution in [0.1, 0.15) is 42.4 Å². The van der Waals surface area contributed by atoms with Gasteiger partial charge in [0.15, 0.2) is 0 Å². The van der Waals surface area contributed by atoms with Crippen LogP contribution in [0.15, 0.2) is 42.9 Å². The lowest BCUT2D eigenvalue weighted by Gasteiger charge is -2.21. The molecular weight excluding hydrogens is 250 g/mol. The quantitative estimate of drug-likeness (QED) is 0.932. The minimum atomic E-state index is -0.0886. The van der Waals surface area contributed by atoms with Crippen LogP contribution in [-0.4, -0.2) is 15.9 Å². The highest BCUT2D eigenvalue weighted by atomic mass is 16.1. The third-order valence-corrected chi connectivity index (χ3v) is 2.97. The molecule has 1 N–H and O–H groups in total. The average Bonchev–Trinajstić information content (AvgIpc) is 2.45. The van der Waals surface area contributed by atoms with E-state index in [1.807, 2.05) is 18.2 Å². The van der Waals surface area contributed by atoms with E-state index in [0.717, 1.165) is 11.3 Å². The second-order valence-electron chi connectivity index (χ2n) is 5.70. The van der Waals surface area contributed by atoms with E-state index in [0.29, 0.717) is 12.1 Å². The van der Waals surface area contributed by atoms with Gasteiger partial charge in [-0.2, -0.15) is 0 Å². The maximum atomic E-state index is 12.0. The Balaban J connectivity index is 2.11. The first kappa shape index (κ1) is 14.2. The number of amides is 1. The smallest absolute Gasteiger partial charge is 0.251 e. The predicted molar refractivity (Wildman–Crippen MR) is 78.3 cm³/mol. The Hall–Kier alpha value is -2.23. The molecule has 0 aliphatic carbocycles. The lowest BCUT2D eigenvalue weighted by atomic mass is 9.89. The van der Waals surface area contributed by atoms with Gasteiger partial charge >= 0.3 is 0 Å². The molecule has 0 unspecified atom stereocenters. The fourth-order valence-electron chi connectivity index (χ4n) is 2.03. The van der Waals surface area contributed by atoms with Gasteiger partial charge in [-0.15, -0.1) is 0 Å². The first-order valence-electron chi connectivity index (χ1n) is 6.61. The number of nitrogens with one attached hydrogen (secondary N) is 1. The maximum Gasteiger partial charge on any atom is 0.251 e. The molecule has 0 aliphatic heterocycles. The summed E-state index contributed by atoms with van der Waals surface area (Å²) in [5, 5.41) is 2.91. The van der Waals surface area contributed by atoms with Crippen LogP contribution in [0.25, 0.3) is 0 Å². The number of hydrogen-bond donors (Lipinski definition) is 1. The highest BCUT2D eigenvalue weighted by Crippen LogP contribution is 2.22. The first-order chi connectivity index (χ1) is 9.48. The molecular formula is C16H19N3O. The van der Waals surface area contributed by atoms with Crippen molar-refractivity contribution in [3.63, 3.8) is 0 Å². The van der Waals surface area contributed by atoms with Crippen molar-refractivity contribution in [1.82, 2.24) is 15.3 Å². The van der Waals surface area contributed by atoms with Crippen LogP contribution in [0.2, 0.25) is 0 Å². The normalized spacial score (nSPS) is 11.2. The van der Waals surface area contributed by atoms with Crippen molar-refractivity contribution in [2.45, 2.75) is 32.7 Å². The molecule has 0 saturated heterocycles. The summed E-state index contributed by atoms with van der Waals surface area (Å²) in [6, 6.07) is 9.17. The Kier molecular flexibility index (Phi) is 4.13. The zero-order chi connectivity index (χ0) is 14.6. The van der Waals surface area contributed by atoms with E-state index < -0.39 is 0 Å². The number of carbonyl (C=O) groups excluding carboxylic acids is 1. The summed E-state index contributed by atoms with van der Waals surface area (Å²) < 4.78 is 0. The molecule has 0 radical (unpaired) electrons. The molecule has 0 atom stereocenters. The van der Waals surface area contributed by atoms with E-state index in [1.165, 1.54) is 0 Å². The van der Waals surface area contributed by atoms with Crippen LogP contribution in [0.5, 0.6) is 0 Å². The molecule has 1 aromatic heterocycles. The van der Waals surface area contributed by atoms with Gasteiger partial charge in [0.25, 0.3) is 5.91 Å². The summed E-state index contributed by atoms with van der Waals surface area (Å²) in [6.45, 7) is 6.72. The standard InChI is InChI=1S/C16H19N3O/c1-16(2,3)14-13(9-17-11-19-14)10-18-15(20)12-7-5-4-6-8-12/h4-9,11H,10H2,1-3H3,(H,18,20). The summed E-state index contributed by atoms with van der Waals surface area (Å²) in [7, 11) is 0. The predicted octanol–water partition coefficient (Wildman–Crippen LogP) is 2.70. The summed E-state index contributed by atoms with van der Waals surface area (Å²) >= 11 is 0. The first-order valence-corrected chi connectivity index (χ1v) is 6.61. The van der Waals surface area contributed by atoms with Gasteiger partial charge in [-0.1, -0.05) is 39.0 Å². The van der Waals surface area contributed by atoms with Crippen molar-refractivity contribution < 1.29 is 4.79 Å². The summed E-state index contributed by atoms with van der Waals surface area (Å²) in [5.74, 6) is -0.0886.